The zero-order chi connectivity index (χ0) is 7.82. The van der Waals surface area contributed by atoms with Gasteiger partial charge in [0.1, 0.15) is 0 Å². The van der Waals surface area contributed by atoms with Crippen molar-refractivity contribution in [1.29, 1.82) is 0 Å². The van der Waals surface area contributed by atoms with Gasteiger partial charge in [-0.25, -0.2) is 0 Å². The van der Waals surface area contributed by atoms with Crippen molar-refractivity contribution in [3.05, 3.63) is 0 Å². The van der Waals surface area contributed by atoms with Crippen LogP contribution < -0.4 is 10.6 Å². The smallest absolute Gasteiger partial charge is 0.0985 e. The van der Waals surface area contributed by atoms with Gasteiger partial charge in [0, 0.05) is 6.04 Å². The average molecular weight is 146 g/mol. The molecular weight excluding hydrogens is 128 g/mol. The minimum absolute atomic E-state index is 0.502. The highest BCUT2D eigenvalue weighted by Crippen LogP contribution is 1.74. The van der Waals surface area contributed by atoms with Crippen molar-refractivity contribution in [3.63, 3.8) is 0 Å². The number of ether oxygens (including phenoxy) is 1. The second-order valence-corrected chi connectivity index (χ2v) is 2.46. The van der Waals surface area contributed by atoms with Gasteiger partial charge in [-0.2, -0.15) is 0 Å². The molecule has 0 rings (SSSR count). The molecule has 3 nitrogen and oxygen atoms in total. The van der Waals surface area contributed by atoms with E-state index in [1.54, 1.807) is 0 Å². The number of hydrogen-bond acceptors (Lipinski definition) is 3. The fourth-order valence-corrected chi connectivity index (χ4v) is 0.451. The standard InChI is InChI=1S/C7H18N2O/c1-4-8-5-10-6-9-7(2)3/h7-9H,4-6H2,1-3H3. The summed E-state index contributed by atoms with van der Waals surface area (Å²) in [6, 6.07) is 0.502. The molecule has 3 heteroatoms. The normalized spacial score (nSPS) is 10.8. The van der Waals surface area contributed by atoms with Crippen LogP contribution in [0.4, 0.5) is 0 Å². The molecule has 0 amide bonds. The Morgan fingerprint density at radius 2 is 2.00 bits per heavy atom. The Kier molecular flexibility index (Phi) is 6.91. The molecular formula is C7H18N2O. The summed E-state index contributed by atoms with van der Waals surface area (Å²) in [5, 5.41) is 6.20. The van der Waals surface area contributed by atoms with E-state index in [2.05, 4.69) is 31.4 Å². The lowest BCUT2D eigenvalue weighted by Gasteiger charge is -2.08. The second kappa shape index (κ2) is 6.99. The summed E-state index contributed by atoms with van der Waals surface area (Å²) in [5.74, 6) is 0. The Morgan fingerprint density at radius 1 is 1.30 bits per heavy atom. The van der Waals surface area contributed by atoms with Crippen molar-refractivity contribution in [3.8, 4) is 0 Å². The third-order valence-electron chi connectivity index (χ3n) is 1.05. The topological polar surface area (TPSA) is 33.3 Å². The quantitative estimate of drug-likeness (QED) is 0.423. The molecule has 0 spiro atoms. The van der Waals surface area contributed by atoms with Crippen LogP contribution in [0.5, 0.6) is 0 Å². The monoisotopic (exact) mass is 146 g/mol. The highest BCUT2D eigenvalue weighted by atomic mass is 16.5. The molecule has 2 N–H and O–H groups in total. The molecule has 0 radical (unpaired) electrons. The summed E-state index contributed by atoms with van der Waals surface area (Å²) in [5.41, 5.74) is 0. The lowest BCUT2D eigenvalue weighted by Crippen LogP contribution is -2.28. The summed E-state index contributed by atoms with van der Waals surface area (Å²) in [6.45, 7) is 8.47. The van der Waals surface area contributed by atoms with Crippen LogP contribution >= 0.6 is 0 Å². The highest BCUT2D eigenvalue weighted by molar-refractivity contribution is 4.45. The van der Waals surface area contributed by atoms with Gasteiger partial charge in [0.05, 0.1) is 13.5 Å². The van der Waals surface area contributed by atoms with E-state index in [1.807, 2.05) is 0 Å². The maximum atomic E-state index is 5.16. The van der Waals surface area contributed by atoms with E-state index in [9.17, 15) is 0 Å². The van der Waals surface area contributed by atoms with E-state index < -0.39 is 0 Å². The van der Waals surface area contributed by atoms with Gasteiger partial charge >= 0.3 is 0 Å². The van der Waals surface area contributed by atoms with E-state index in [0.29, 0.717) is 19.5 Å². The predicted molar refractivity (Wildman–Crippen MR) is 42.8 cm³/mol. The minimum Gasteiger partial charge on any atom is -0.351 e. The molecule has 0 saturated carbocycles. The molecule has 0 fully saturated rings. The van der Waals surface area contributed by atoms with Crippen molar-refractivity contribution in [2.45, 2.75) is 26.8 Å². The SMILES string of the molecule is CCNCOCNC(C)C. The van der Waals surface area contributed by atoms with Gasteiger partial charge in [0.25, 0.3) is 0 Å². The zero-order valence-corrected chi connectivity index (χ0v) is 7.11. The maximum absolute atomic E-state index is 5.16. The first-order valence-electron chi connectivity index (χ1n) is 3.79. The fourth-order valence-electron chi connectivity index (χ4n) is 0.451. The minimum atomic E-state index is 0.502. The molecule has 0 atom stereocenters. The van der Waals surface area contributed by atoms with Gasteiger partial charge in [0.15, 0.2) is 0 Å². The third kappa shape index (κ3) is 7.88. The highest BCUT2D eigenvalue weighted by Gasteiger charge is 1.89. The average Bonchev–Trinajstić information content (AvgIpc) is 1.87. The molecule has 0 unspecified atom stereocenters. The van der Waals surface area contributed by atoms with E-state index in [1.165, 1.54) is 0 Å². The molecule has 0 aromatic heterocycles. The molecule has 0 bridgehead atoms. The molecule has 0 aliphatic carbocycles. The Balaban J connectivity index is 2.77. The number of hydrogen-bond donors (Lipinski definition) is 2. The predicted octanol–water partition coefficient (Wildman–Crippen LogP) is 0.525. The molecule has 0 heterocycles. The van der Waals surface area contributed by atoms with Crippen LogP contribution in [-0.4, -0.2) is 26.0 Å². The fraction of sp³-hybridized carbons (Fsp3) is 1.00. The third-order valence-corrected chi connectivity index (χ3v) is 1.05. The second-order valence-electron chi connectivity index (χ2n) is 2.46. The Bertz CT molecular complexity index is 66.6. The lowest BCUT2D eigenvalue weighted by molar-refractivity contribution is 0.0967. The van der Waals surface area contributed by atoms with Crippen LogP contribution in [0, 0.1) is 0 Å². The Hall–Kier alpha value is -0.120. The van der Waals surface area contributed by atoms with Crippen LogP contribution in [0.2, 0.25) is 0 Å². The summed E-state index contributed by atoms with van der Waals surface area (Å²) in [6.07, 6.45) is 0. The Labute approximate surface area is 63.1 Å². The summed E-state index contributed by atoms with van der Waals surface area (Å²) in [7, 11) is 0. The van der Waals surface area contributed by atoms with Crippen LogP contribution in [0.25, 0.3) is 0 Å². The lowest BCUT2D eigenvalue weighted by atomic mass is 10.4. The van der Waals surface area contributed by atoms with Gasteiger partial charge in [-0.05, 0) is 20.4 Å². The first-order valence-corrected chi connectivity index (χ1v) is 3.79. The number of nitrogens with one attached hydrogen (secondary N) is 2. The summed E-state index contributed by atoms with van der Waals surface area (Å²) >= 11 is 0. The van der Waals surface area contributed by atoms with Crippen molar-refractivity contribution in [1.82, 2.24) is 10.6 Å². The van der Waals surface area contributed by atoms with Gasteiger partial charge in [0.2, 0.25) is 0 Å². The Morgan fingerprint density at radius 3 is 2.50 bits per heavy atom. The van der Waals surface area contributed by atoms with Gasteiger partial charge < -0.3 is 4.74 Å². The summed E-state index contributed by atoms with van der Waals surface area (Å²) < 4.78 is 5.16. The van der Waals surface area contributed by atoms with E-state index in [-0.39, 0.29) is 0 Å². The van der Waals surface area contributed by atoms with Crippen molar-refractivity contribution in [2.24, 2.45) is 0 Å². The zero-order valence-electron chi connectivity index (χ0n) is 7.11. The van der Waals surface area contributed by atoms with E-state index in [0.717, 1.165) is 6.54 Å². The van der Waals surface area contributed by atoms with Crippen LogP contribution in [0.15, 0.2) is 0 Å². The molecule has 0 aromatic rings. The van der Waals surface area contributed by atoms with Crippen LogP contribution in [-0.2, 0) is 4.74 Å². The van der Waals surface area contributed by atoms with Crippen LogP contribution in [0.3, 0.4) is 0 Å². The molecule has 62 valence electrons. The first kappa shape index (κ1) is 9.88. The summed E-state index contributed by atoms with van der Waals surface area (Å²) in [4.78, 5) is 0. The molecule has 0 saturated heterocycles. The largest absolute Gasteiger partial charge is 0.351 e. The van der Waals surface area contributed by atoms with Crippen LogP contribution in [0.1, 0.15) is 20.8 Å². The van der Waals surface area contributed by atoms with Crippen molar-refractivity contribution < 1.29 is 4.74 Å². The molecule has 0 aliphatic heterocycles. The van der Waals surface area contributed by atoms with Crippen molar-refractivity contribution >= 4 is 0 Å². The maximum Gasteiger partial charge on any atom is 0.0985 e. The molecule has 10 heavy (non-hydrogen) atoms. The van der Waals surface area contributed by atoms with Gasteiger partial charge in [-0.1, -0.05) is 6.92 Å². The van der Waals surface area contributed by atoms with Gasteiger partial charge in [-0.15, -0.1) is 0 Å². The van der Waals surface area contributed by atoms with Gasteiger partial charge in [-0.3, -0.25) is 10.6 Å². The number of rotatable bonds is 6. The van der Waals surface area contributed by atoms with E-state index >= 15 is 0 Å². The molecule has 0 aromatic carbocycles. The van der Waals surface area contributed by atoms with Crippen molar-refractivity contribution in [2.75, 3.05) is 20.0 Å². The van der Waals surface area contributed by atoms with E-state index in [4.69, 9.17) is 4.74 Å². The molecule has 0 aliphatic rings. The first-order chi connectivity index (χ1) is 4.77.